The van der Waals surface area contributed by atoms with Crippen LogP contribution < -0.4 is 4.90 Å². The van der Waals surface area contributed by atoms with Crippen LogP contribution in [0.25, 0.3) is 10.9 Å². The van der Waals surface area contributed by atoms with Crippen LogP contribution in [0.2, 0.25) is 0 Å². The van der Waals surface area contributed by atoms with Crippen LogP contribution in [-0.2, 0) is 4.79 Å². The van der Waals surface area contributed by atoms with Crippen molar-refractivity contribution >= 4 is 28.6 Å². The topological polar surface area (TPSA) is 73.7 Å². The number of fused-ring (bicyclic) bond motifs is 1. The Morgan fingerprint density at radius 2 is 2.04 bits per heavy atom. The van der Waals surface area contributed by atoms with Crippen molar-refractivity contribution in [1.82, 2.24) is 9.88 Å². The molecule has 2 aromatic rings. The Labute approximate surface area is 134 Å². The Kier molecular flexibility index (Phi) is 3.90. The molecule has 120 valence electrons. The summed E-state index contributed by atoms with van der Waals surface area (Å²) in [7, 11) is 3.75. The van der Waals surface area contributed by atoms with Crippen LogP contribution in [0.4, 0.5) is 5.82 Å². The second kappa shape index (κ2) is 5.87. The highest BCUT2D eigenvalue weighted by Crippen LogP contribution is 2.26. The number of rotatable bonds is 3. The molecule has 0 saturated carbocycles. The van der Waals surface area contributed by atoms with E-state index in [1.54, 1.807) is 11.0 Å². The summed E-state index contributed by atoms with van der Waals surface area (Å²) in [6, 6.07) is 9.29. The van der Waals surface area contributed by atoms with E-state index in [0.29, 0.717) is 24.3 Å². The Hall–Kier alpha value is -2.63. The molecule has 23 heavy (non-hydrogen) atoms. The van der Waals surface area contributed by atoms with Gasteiger partial charge in [0.05, 0.1) is 17.0 Å². The van der Waals surface area contributed by atoms with Crippen molar-refractivity contribution in [2.24, 2.45) is 5.92 Å². The summed E-state index contributed by atoms with van der Waals surface area (Å²) < 4.78 is 0. The minimum absolute atomic E-state index is 0.129. The largest absolute Gasteiger partial charge is 0.481 e. The predicted octanol–water partition coefficient (Wildman–Crippen LogP) is 1.85. The minimum Gasteiger partial charge on any atom is -0.481 e. The van der Waals surface area contributed by atoms with Crippen molar-refractivity contribution < 1.29 is 14.7 Å². The molecule has 6 heteroatoms. The number of para-hydroxylation sites is 1. The second-order valence-electron chi connectivity index (χ2n) is 6.01. The van der Waals surface area contributed by atoms with E-state index in [4.69, 9.17) is 5.11 Å². The maximum atomic E-state index is 12.9. The third kappa shape index (κ3) is 2.84. The molecule has 1 aliphatic heterocycles. The highest BCUT2D eigenvalue weighted by molar-refractivity contribution is 6.07. The Morgan fingerprint density at radius 3 is 2.70 bits per heavy atom. The summed E-state index contributed by atoms with van der Waals surface area (Å²) in [6.45, 7) is 0.742. The Morgan fingerprint density at radius 1 is 1.30 bits per heavy atom. The van der Waals surface area contributed by atoms with Crippen molar-refractivity contribution in [3.8, 4) is 0 Å². The van der Waals surface area contributed by atoms with Gasteiger partial charge in [0.1, 0.15) is 5.82 Å². The normalized spacial score (nSPS) is 17.5. The van der Waals surface area contributed by atoms with E-state index in [2.05, 4.69) is 4.98 Å². The summed E-state index contributed by atoms with van der Waals surface area (Å²) in [4.78, 5) is 32.0. The first-order chi connectivity index (χ1) is 11.0. The van der Waals surface area contributed by atoms with E-state index in [1.165, 1.54) is 0 Å². The first-order valence-electron chi connectivity index (χ1n) is 7.56. The molecule has 1 atom stereocenters. The third-order valence-electron chi connectivity index (χ3n) is 4.22. The van der Waals surface area contributed by atoms with E-state index in [1.807, 2.05) is 43.3 Å². The lowest BCUT2D eigenvalue weighted by atomic mass is 10.1. The number of amides is 1. The molecular weight excluding hydrogens is 294 g/mol. The number of hydrogen-bond donors (Lipinski definition) is 1. The number of carboxylic acids is 1. The number of carbonyl (C=O) groups excluding carboxylic acids is 1. The highest BCUT2D eigenvalue weighted by Gasteiger charge is 2.32. The molecule has 1 N–H and O–H groups in total. The Bertz CT molecular complexity index is 773. The van der Waals surface area contributed by atoms with Gasteiger partial charge in [0, 0.05) is 32.6 Å². The molecule has 3 rings (SSSR count). The number of nitrogens with zero attached hydrogens (tertiary/aromatic N) is 3. The number of carbonyl (C=O) groups is 2. The van der Waals surface area contributed by atoms with Gasteiger partial charge in [-0.25, -0.2) is 4.98 Å². The molecule has 1 fully saturated rings. The van der Waals surface area contributed by atoms with Gasteiger partial charge >= 0.3 is 5.97 Å². The molecule has 0 aliphatic carbocycles. The number of likely N-dealkylation sites (tertiary alicyclic amines) is 1. The zero-order chi connectivity index (χ0) is 16.6. The molecule has 1 aromatic heterocycles. The number of hydrogen-bond acceptors (Lipinski definition) is 4. The van der Waals surface area contributed by atoms with Crippen molar-refractivity contribution in [1.29, 1.82) is 0 Å². The van der Waals surface area contributed by atoms with Crippen LogP contribution in [0.5, 0.6) is 0 Å². The molecule has 1 saturated heterocycles. The molecule has 0 spiro atoms. The SMILES string of the molecule is CN(C)c1cc(C(=O)N2CCC(C(=O)O)C2)c2ccccc2n1. The van der Waals surface area contributed by atoms with Crippen LogP contribution >= 0.6 is 0 Å². The van der Waals surface area contributed by atoms with Crippen LogP contribution in [0.15, 0.2) is 30.3 Å². The van der Waals surface area contributed by atoms with Gasteiger partial charge in [-0.15, -0.1) is 0 Å². The lowest BCUT2D eigenvalue weighted by Crippen LogP contribution is -2.30. The fourth-order valence-electron chi connectivity index (χ4n) is 2.88. The maximum absolute atomic E-state index is 12.9. The van der Waals surface area contributed by atoms with Crippen molar-refractivity contribution in [2.75, 3.05) is 32.1 Å². The van der Waals surface area contributed by atoms with E-state index in [9.17, 15) is 9.59 Å². The fraction of sp³-hybridized carbons (Fsp3) is 0.353. The summed E-state index contributed by atoms with van der Waals surface area (Å²) in [6.07, 6.45) is 0.505. The highest BCUT2D eigenvalue weighted by atomic mass is 16.4. The van der Waals surface area contributed by atoms with Crippen molar-refractivity contribution in [3.05, 3.63) is 35.9 Å². The average Bonchev–Trinajstić information content (AvgIpc) is 3.03. The quantitative estimate of drug-likeness (QED) is 0.936. The van der Waals surface area contributed by atoms with Crippen LogP contribution in [0.3, 0.4) is 0 Å². The summed E-state index contributed by atoms with van der Waals surface area (Å²) in [5.74, 6) is -0.731. The van der Waals surface area contributed by atoms with Gasteiger partial charge in [-0.05, 0) is 18.6 Å². The van der Waals surface area contributed by atoms with Gasteiger partial charge in [0.15, 0.2) is 0 Å². The molecule has 0 radical (unpaired) electrons. The van der Waals surface area contributed by atoms with Gasteiger partial charge in [-0.3, -0.25) is 9.59 Å². The smallest absolute Gasteiger partial charge is 0.308 e. The van der Waals surface area contributed by atoms with Crippen LogP contribution in [0.1, 0.15) is 16.8 Å². The second-order valence-corrected chi connectivity index (χ2v) is 6.01. The minimum atomic E-state index is -0.839. The van der Waals surface area contributed by atoms with Gasteiger partial charge in [0.2, 0.25) is 0 Å². The number of benzene rings is 1. The maximum Gasteiger partial charge on any atom is 0.308 e. The molecule has 0 bridgehead atoms. The van der Waals surface area contributed by atoms with Gasteiger partial charge in [-0.2, -0.15) is 0 Å². The lowest BCUT2D eigenvalue weighted by molar-refractivity contribution is -0.141. The molecule has 1 amide bonds. The van der Waals surface area contributed by atoms with E-state index in [-0.39, 0.29) is 12.5 Å². The van der Waals surface area contributed by atoms with Crippen LogP contribution in [-0.4, -0.2) is 54.1 Å². The Balaban J connectivity index is 2.01. The molecule has 1 aliphatic rings. The number of carboxylic acid groups (broad SMARTS) is 1. The van der Waals surface area contributed by atoms with Crippen molar-refractivity contribution in [2.45, 2.75) is 6.42 Å². The summed E-state index contributed by atoms with van der Waals surface area (Å²) in [5, 5.41) is 9.91. The molecule has 2 heterocycles. The summed E-state index contributed by atoms with van der Waals surface area (Å²) >= 11 is 0. The first kappa shape index (κ1) is 15.3. The zero-order valence-electron chi connectivity index (χ0n) is 13.2. The zero-order valence-corrected chi connectivity index (χ0v) is 13.2. The van der Waals surface area contributed by atoms with E-state index in [0.717, 1.165) is 10.9 Å². The lowest BCUT2D eigenvalue weighted by Gasteiger charge is -2.19. The third-order valence-corrected chi connectivity index (χ3v) is 4.22. The number of anilines is 1. The molecular formula is C17H19N3O3. The van der Waals surface area contributed by atoms with Crippen molar-refractivity contribution in [3.63, 3.8) is 0 Å². The van der Waals surface area contributed by atoms with Crippen LogP contribution in [0, 0.1) is 5.92 Å². The summed E-state index contributed by atoms with van der Waals surface area (Å²) in [5.41, 5.74) is 1.33. The number of pyridine rings is 1. The predicted molar refractivity (Wildman–Crippen MR) is 87.7 cm³/mol. The first-order valence-corrected chi connectivity index (χ1v) is 7.56. The number of aromatic nitrogens is 1. The van der Waals surface area contributed by atoms with Gasteiger partial charge in [-0.1, -0.05) is 18.2 Å². The number of aliphatic carboxylic acids is 1. The molecule has 1 aromatic carbocycles. The van der Waals surface area contributed by atoms with E-state index < -0.39 is 11.9 Å². The van der Waals surface area contributed by atoms with Gasteiger partial charge < -0.3 is 14.9 Å². The molecule has 1 unspecified atom stereocenters. The molecule has 6 nitrogen and oxygen atoms in total. The standard InChI is InChI=1S/C17H19N3O3/c1-19(2)15-9-13(12-5-3-4-6-14(12)18-15)16(21)20-8-7-11(10-20)17(22)23/h3-6,9,11H,7-8,10H2,1-2H3,(H,22,23). The van der Waals surface area contributed by atoms with E-state index >= 15 is 0 Å². The average molecular weight is 313 g/mol. The van der Waals surface area contributed by atoms with Gasteiger partial charge in [0.25, 0.3) is 5.91 Å². The monoisotopic (exact) mass is 313 g/mol. The fourth-order valence-corrected chi connectivity index (χ4v) is 2.88.